The molecule has 2 N–H and O–H groups in total. The molecule has 2 heterocycles. The summed E-state index contributed by atoms with van der Waals surface area (Å²) in [6.07, 6.45) is 3.51. The molecule has 0 radical (unpaired) electrons. The van der Waals surface area contributed by atoms with Crippen LogP contribution in [-0.2, 0) is 6.54 Å². The molecular weight excluding hydrogens is 262 g/mol. The van der Waals surface area contributed by atoms with Crippen molar-refractivity contribution in [2.24, 2.45) is 5.73 Å². The molecule has 5 heteroatoms. The van der Waals surface area contributed by atoms with E-state index in [-0.39, 0.29) is 0 Å². The highest BCUT2D eigenvalue weighted by Gasteiger charge is 2.15. The molecule has 5 nitrogen and oxygen atoms in total. The number of hydrogen-bond acceptors (Lipinski definition) is 4. The van der Waals surface area contributed by atoms with Crippen LogP contribution in [0.25, 0.3) is 16.9 Å². The van der Waals surface area contributed by atoms with Crippen molar-refractivity contribution in [3.8, 4) is 16.9 Å². The summed E-state index contributed by atoms with van der Waals surface area (Å²) in [5.74, 6) is 0. The zero-order valence-electron chi connectivity index (χ0n) is 12.1. The largest absolute Gasteiger partial charge is 0.325 e. The molecule has 0 saturated heterocycles. The Morgan fingerprint density at radius 1 is 1.05 bits per heavy atom. The Balaban J connectivity index is 2.20. The van der Waals surface area contributed by atoms with Crippen molar-refractivity contribution < 1.29 is 0 Å². The van der Waals surface area contributed by atoms with E-state index in [2.05, 4.69) is 41.3 Å². The lowest BCUT2D eigenvalue weighted by Crippen LogP contribution is -2.03. The second kappa shape index (κ2) is 5.46. The van der Waals surface area contributed by atoms with Crippen molar-refractivity contribution in [2.45, 2.75) is 20.4 Å². The monoisotopic (exact) mass is 279 g/mol. The van der Waals surface area contributed by atoms with Gasteiger partial charge in [-0.2, -0.15) is 0 Å². The maximum absolute atomic E-state index is 5.80. The topological polar surface area (TPSA) is 69.6 Å². The number of rotatable bonds is 3. The number of aryl methyl sites for hydroxylation is 2. The summed E-state index contributed by atoms with van der Waals surface area (Å²) in [6, 6.07) is 10.1. The summed E-state index contributed by atoms with van der Waals surface area (Å²) in [7, 11) is 0. The van der Waals surface area contributed by atoms with Crippen LogP contribution in [-0.4, -0.2) is 20.0 Å². The molecule has 106 valence electrons. The van der Waals surface area contributed by atoms with Gasteiger partial charge in [0, 0.05) is 24.5 Å². The van der Waals surface area contributed by atoms with Crippen LogP contribution < -0.4 is 5.73 Å². The molecule has 0 aliphatic heterocycles. The van der Waals surface area contributed by atoms with Gasteiger partial charge >= 0.3 is 0 Å². The van der Waals surface area contributed by atoms with Crippen LogP contribution in [0.15, 0.2) is 42.7 Å². The molecule has 0 amide bonds. The second-order valence-corrected chi connectivity index (χ2v) is 5.01. The molecule has 0 fully saturated rings. The first kappa shape index (κ1) is 13.5. The average Bonchev–Trinajstić information content (AvgIpc) is 2.95. The van der Waals surface area contributed by atoms with E-state index < -0.39 is 0 Å². The van der Waals surface area contributed by atoms with Gasteiger partial charge in [0.25, 0.3) is 0 Å². The number of nitrogens with zero attached hydrogens (tertiary/aromatic N) is 4. The quantitative estimate of drug-likeness (QED) is 0.799. The van der Waals surface area contributed by atoms with E-state index in [1.165, 1.54) is 11.1 Å². The average molecular weight is 279 g/mol. The van der Waals surface area contributed by atoms with Crippen LogP contribution >= 0.6 is 0 Å². The summed E-state index contributed by atoms with van der Waals surface area (Å²) in [5.41, 5.74) is 12.0. The van der Waals surface area contributed by atoms with Gasteiger partial charge in [-0.05, 0) is 49.2 Å². The summed E-state index contributed by atoms with van der Waals surface area (Å²) in [6.45, 7) is 4.53. The molecular formula is C16H17N5. The maximum Gasteiger partial charge on any atom is 0.105 e. The highest BCUT2D eigenvalue weighted by atomic mass is 15.4. The summed E-state index contributed by atoms with van der Waals surface area (Å²) in [4.78, 5) is 4.06. The molecule has 2 aromatic heterocycles. The predicted molar refractivity (Wildman–Crippen MR) is 82.0 cm³/mol. The first-order valence-corrected chi connectivity index (χ1v) is 6.83. The Kier molecular flexibility index (Phi) is 3.50. The minimum absolute atomic E-state index is 0.350. The van der Waals surface area contributed by atoms with E-state index in [0.29, 0.717) is 6.54 Å². The third-order valence-corrected chi connectivity index (χ3v) is 3.62. The minimum Gasteiger partial charge on any atom is -0.325 e. The Labute approximate surface area is 123 Å². The molecule has 3 aromatic rings. The standard InChI is InChI=1S/C16H17N5/c1-11-3-4-14(9-12(11)2)21-16(15(10-17)19-20-21)13-5-7-18-8-6-13/h3-9H,10,17H2,1-2H3. The van der Waals surface area contributed by atoms with E-state index in [1.54, 1.807) is 12.4 Å². The molecule has 0 bridgehead atoms. The number of benzene rings is 1. The van der Waals surface area contributed by atoms with Gasteiger partial charge in [0.05, 0.1) is 11.4 Å². The zero-order valence-corrected chi connectivity index (χ0v) is 12.1. The van der Waals surface area contributed by atoms with Crippen LogP contribution in [0.3, 0.4) is 0 Å². The van der Waals surface area contributed by atoms with Gasteiger partial charge in [0.2, 0.25) is 0 Å². The molecule has 0 unspecified atom stereocenters. The maximum atomic E-state index is 5.80. The van der Waals surface area contributed by atoms with Gasteiger partial charge in [-0.15, -0.1) is 5.10 Å². The van der Waals surface area contributed by atoms with Crippen LogP contribution in [0.5, 0.6) is 0 Å². The van der Waals surface area contributed by atoms with E-state index >= 15 is 0 Å². The Morgan fingerprint density at radius 2 is 1.81 bits per heavy atom. The third-order valence-electron chi connectivity index (χ3n) is 3.62. The lowest BCUT2D eigenvalue weighted by atomic mass is 10.1. The lowest BCUT2D eigenvalue weighted by Gasteiger charge is -2.09. The summed E-state index contributed by atoms with van der Waals surface area (Å²) in [5, 5.41) is 8.48. The fraction of sp³-hybridized carbons (Fsp3) is 0.188. The van der Waals surface area contributed by atoms with Gasteiger partial charge < -0.3 is 5.73 Å². The lowest BCUT2D eigenvalue weighted by molar-refractivity contribution is 0.799. The van der Waals surface area contributed by atoms with E-state index in [4.69, 9.17) is 5.73 Å². The van der Waals surface area contributed by atoms with Crippen LogP contribution in [0.1, 0.15) is 16.8 Å². The molecule has 0 saturated carbocycles. The molecule has 0 atom stereocenters. The van der Waals surface area contributed by atoms with Crippen molar-refractivity contribution >= 4 is 0 Å². The number of aromatic nitrogens is 4. The minimum atomic E-state index is 0.350. The molecule has 0 aliphatic rings. The summed E-state index contributed by atoms with van der Waals surface area (Å²) < 4.78 is 1.84. The van der Waals surface area contributed by atoms with Crippen molar-refractivity contribution in [1.82, 2.24) is 20.0 Å². The summed E-state index contributed by atoms with van der Waals surface area (Å²) >= 11 is 0. The number of pyridine rings is 1. The highest BCUT2D eigenvalue weighted by molar-refractivity contribution is 5.64. The van der Waals surface area contributed by atoms with E-state index in [9.17, 15) is 0 Å². The fourth-order valence-corrected chi connectivity index (χ4v) is 2.29. The van der Waals surface area contributed by atoms with Crippen molar-refractivity contribution in [2.75, 3.05) is 0 Å². The first-order chi connectivity index (χ1) is 10.2. The van der Waals surface area contributed by atoms with Gasteiger partial charge in [-0.25, -0.2) is 4.68 Å². The fourth-order valence-electron chi connectivity index (χ4n) is 2.29. The van der Waals surface area contributed by atoms with Gasteiger partial charge in [-0.3, -0.25) is 4.98 Å². The number of hydrogen-bond donors (Lipinski definition) is 1. The predicted octanol–water partition coefficient (Wildman–Crippen LogP) is 2.40. The molecule has 1 aromatic carbocycles. The molecule has 0 spiro atoms. The Morgan fingerprint density at radius 3 is 2.48 bits per heavy atom. The van der Waals surface area contributed by atoms with Gasteiger partial charge in [-0.1, -0.05) is 11.3 Å². The van der Waals surface area contributed by atoms with E-state index in [1.807, 2.05) is 22.9 Å². The normalized spacial score (nSPS) is 10.8. The van der Waals surface area contributed by atoms with Gasteiger partial charge in [0.15, 0.2) is 0 Å². The van der Waals surface area contributed by atoms with Crippen LogP contribution in [0, 0.1) is 13.8 Å². The van der Waals surface area contributed by atoms with Crippen molar-refractivity contribution in [3.63, 3.8) is 0 Å². The van der Waals surface area contributed by atoms with Crippen molar-refractivity contribution in [3.05, 3.63) is 59.5 Å². The van der Waals surface area contributed by atoms with Crippen molar-refractivity contribution in [1.29, 1.82) is 0 Å². The molecule has 0 aliphatic carbocycles. The highest BCUT2D eigenvalue weighted by Crippen LogP contribution is 2.25. The SMILES string of the molecule is Cc1ccc(-n2nnc(CN)c2-c2ccncc2)cc1C. The first-order valence-electron chi connectivity index (χ1n) is 6.83. The van der Waals surface area contributed by atoms with E-state index in [0.717, 1.165) is 22.6 Å². The van der Waals surface area contributed by atoms with Gasteiger partial charge in [0.1, 0.15) is 5.69 Å². The van der Waals surface area contributed by atoms with Crippen LogP contribution in [0.2, 0.25) is 0 Å². The second-order valence-electron chi connectivity index (χ2n) is 5.01. The zero-order chi connectivity index (χ0) is 14.8. The van der Waals surface area contributed by atoms with Crippen LogP contribution in [0.4, 0.5) is 0 Å². The molecule has 21 heavy (non-hydrogen) atoms. The third kappa shape index (κ3) is 2.43. The Hall–Kier alpha value is -2.53. The number of nitrogens with two attached hydrogens (primary N) is 1. The Bertz CT molecular complexity index is 762. The molecule has 3 rings (SSSR count). The smallest absolute Gasteiger partial charge is 0.105 e.